The number of amides is 2. The highest BCUT2D eigenvalue weighted by atomic mass is 32.2. The maximum atomic E-state index is 13.6. The molecule has 0 atom stereocenters. The fourth-order valence-electron chi connectivity index (χ4n) is 6.03. The van der Waals surface area contributed by atoms with Crippen LogP contribution >= 0.6 is 0 Å². The quantitative estimate of drug-likeness (QED) is 0.631. The van der Waals surface area contributed by atoms with E-state index in [0.29, 0.717) is 37.8 Å². The van der Waals surface area contributed by atoms with Crippen LogP contribution in [0.5, 0.6) is 0 Å². The van der Waals surface area contributed by atoms with Gasteiger partial charge in [-0.05, 0) is 92.9 Å². The largest absolute Gasteiger partial charge is 0.381 e. The SMILES string of the molecule is O=C(Nc1c2c(cc3c1CCC3)CCC2)NS(=O)(=O)N(c1cnn(C2CCC2)c1)C1CCOCC1. The van der Waals surface area contributed by atoms with Crippen molar-refractivity contribution in [2.24, 2.45) is 0 Å². The van der Waals surface area contributed by atoms with Crippen molar-refractivity contribution >= 4 is 27.6 Å². The number of hydrogen-bond acceptors (Lipinski definition) is 5. The van der Waals surface area contributed by atoms with Crippen molar-refractivity contribution in [3.05, 3.63) is 40.7 Å². The topological polar surface area (TPSA) is 106 Å². The molecule has 1 aliphatic heterocycles. The van der Waals surface area contributed by atoms with Gasteiger partial charge in [0.1, 0.15) is 0 Å². The van der Waals surface area contributed by atoms with Crippen molar-refractivity contribution in [1.29, 1.82) is 0 Å². The molecule has 1 aromatic heterocycles. The average molecular weight is 500 g/mol. The third kappa shape index (κ3) is 4.31. The second-order valence-electron chi connectivity index (χ2n) is 10.2. The number of urea groups is 1. The summed E-state index contributed by atoms with van der Waals surface area (Å²) in [6.07, 6.45) is 13.8. The van der Waals surface area contributed by atoms with Crippen molar-refractivity contribution < 1.29 is 17.9 Å². The van der Waals surface area contributed by atoms with Crippen molar-refractivity contribution in [2.45, 2.75) is 82.7 Å². The van der Waals surface area contributed by atoms with Gasteiger partial charge in [0.2, 0.25) is 0 Å². The molecule has 3 aliphatic carbocycles. The van der Waals surface area contributed by atoms with E-state index in [1.54, 1.807) is 12.4 Å². The fraction of sp³-hybridized carbons (Fsp3) is 0.600. The van der Waals surface area contributed by atoms with E-state index in [1.165, 1.54) is 26.6 Å². The number of aryl methyl sites for hydroxylation is 2. The Kier molecular flexibility index (Phi) is 5.96. The Balaban J connectivity index is 1.26. The van der Waals surface area contributed by atoms with Crippen LogP contribution in [-0.2, 0) is 40.6 Å². The first-order chi connectivity index (χ1) is 17.0. The minimum absolute atomic E-state index is 0.293. The number of benzene rings is 1. The number of carbonyl (C=O) groups is 1. The van der Waals surface area contributed by atoms with Gasteiger partial charge >= 0.3 is 16.2 Å². The predicted molar refractivity (Wildman–Crippen MR) is 133 cm³/mol. The van der Waals surface area contributed by atoms with E-state index in [2.05, 4.69) is 21.2 Å². The molecule has 0 bridgehead atoms. The van der Waals surface area contributed by atoms with Gasteiger partial charge in [0.15, 0.2) is 0 Å². The molecule has 188 valence electrons. The number of carbonyl (C=O) groups excluding carboxylic acids is 1. The highest BCUT2D eigenvalue weighted by molar-refractivity contribution is 7.91. The molecule has 0 spiro atoms. The second-order valence-corrected chi connectivity index (χ2v) is 11.7. The Morgan fingerprint density at radius 3 is 2.31 bits per heavy atom. The number of ether oxygens (including phenoxy) is 1. The molecule has 1 saturated carbocycles. The van der Waals surface area contributed by atoms with E-state index in [-0.39, 0.29) is 6.04 Å². The number of rotatable bonds is 6. The highest BCUT2D eigenvalue weighted by Gasteiger charge is 2.35. The summed E-state index contributed by atoms with van der Waals surface area (Å²) >= 11 is 0. The molecule has 1 aromatic carbocycles. The molecule has 0 unspecified atom stereocenters. The van der Waals surface area contributed by atoms with Crippen molar-refractivity contribution in [2.75, 3.05) is 22.8 Å². The normalized spacial score (nSPS) is 20.2. The maximum absolute atomic E-state index is 13.6. The number of fused-ring (bicyclic) bond motifs is 2. The first-order valence-corrected chi connectivity index (χ1v) is 14.3. The summed E-state index contributed by atoms with van der Waals surface area (Å²) in [6.45, 7) is 0.976. The van der Waals surface area contributed by atoms with Crippen LogP contribution in [0.25, 0.3) is 0 Å². The minimum atomic E-state index is -4.16. The molecule has 2 N–H and O–H groups in total. The van der Waals surface area contributed by atoms with Gasteiger partial charge in [-0.15, -0.1) is 0 Å². The first-order valence-electron chi connectivity index (χ1n) is 12.9. The van der Waals surface area contributed by atoms with Gasteiger partial charge in [0, 0.05) is 25.1 Å². The van der Waals surface area contributed by atoms with Crippen LogP contribution in [0.1, 0.15) is 73.2 Å². The van der Waals surface area contributed by atoms with Gasteiger partial charge < -0.3 is 10.1 Å². The number of hydrogen-bond donors (Lipinski definition) is 2. The van der Waals surface area contributed by atoms with Gasteiger partial charge in [0.25, 0.3) is 0 Å². The lowest BCUT2D eigenvalue weighted by atomic mass is 9.93. The van der Waals surface area contributed by atoms with E-state index >= 15 is 0 Å². The average Bonchev–Trinajstić information content (AvgIpc) is 3.54. The second kappa shape index (κ2) is 9.13. The van der Waals surface area contributed by atoms with Crippen LogP contribution in [0.15, 0.2) is 18.5 Å². The number of nitrogens with zero attached hydrogens (tertiary/aromatic N) is 3. The summed E-state index contributed by atoms with van der Waals surface area (Å²) in [5.74, 6) is 0. The van der Waals surface area contributed by atoms with Crippen LogP contribution in [0.4, 0.5) is 16.2 Å². The molecule has 10 heteroatoms. The van der Waals surface area contributed by atoms with Gasteiger partial charge in [-0.1, -0.05) is 6.07 Å². The molecule has 35 heavy (non-hydrogen) atoms. The zero-order valence-electron chi connectivity index (χ0n) is 20.0. The van der Waals surface area contributed by atoms with Gasteiger partial charge in [0.05, 0.1) is 24.0 Å². The van der Waals surface area contributed by atoms with E-state index in [1.807, 2.05) is 4.68 Å². The Labute approximate surface area is 206 Å². The minimum Gasteiger partial charge on any atom is -0.381 e. The zero-order valence-corrected chi connectivity index (χ0v) is 20.8. The van der Waals surface area contributed by atoms with Crippen molar-refractivity contribution in [3.8, 4) is 0 Å². The summed E-state index contributed by atoms with van der Waals surface area (Å²) in [5, 5.41) is 7.39. The third-order valence-corrected chi connectivity index (χ3v) is 9.48. The number of anilines is 2. The lowest BCUT2D eigenvalue weighted by Crippen LogP contribution is -2.51. The highest BCUT2D eigenvalue weighted by Crippen LogP contribution is 2.39. The Morgan fingerprint density at radius 1 is 1.00 bits per heavy atom. The molecule has 2 fully saturated rings. The number of aromatic nitrogens is 2. The number of nitrogens with one attached hydrogen (secondary N) is 2. The maximum Gasteiger partial charge on any atom is 0.334 e. The predicted octanol–water partition coefficient (Wildman–Crippen LogP) is 3.64. The Hall–Kier alpha value is -2.59. The fourth-order valence-corrected chi connectivity index (χ4v) is 7.39. The van der Waals surface area contributed by atoms with E-state index < -0.39 is 16.2 Å². The standard InChI is InChI=1S/C25H33N5O4S/c31-25(27-24-22-8-1-4-17(22)14-18-5-2-9-23(18)24)28-35(32,33)30(20-10-12-34-13-11-20)21-15-26-29(16-21)19-6-3-7-19/h14-16,19-20H,1-13H2,(H2,27,28,31). The summed E-state index contributed by atoms with van der Waals surface area (Å²) in [7, 11) is -4.16. The Bertz CT molecular complexity index is 1200. The summed E-state index contributed by atoms with van der Waals surface area (Å²) in [4.78, 5) is 13.1. The smallest absolute Gasteiger partial charge is 0.334 e. The molecule has 4 aliphatic rings. The summed E-state index contributed by atoms with van der Waals surface area (Å²) < 4.78 is 38.3. The van der Waals surface area contributed by atoms with E-state index in [0.717, 1.165) is 63.5 Å². The Morgan fingerprint density at radius 2 is 1.69 bits per heavy atom. The molecular formula is C25H33N5O4S. The molecule has 2 aromatic rings. The zero-order chi connectivity index (χ0) is 24.0. The van der Waals surface area contributed by atoms with Gasteiger partial charge in [-0.2, -0.15) is 13.5 Å². The van der Waals surface area contributed by atoms with Crippen LogP contribution < -0.4 is 14.3 Å². The summed E-state index contributed by atoms with van der Waals surface area (Å²) in [5.41, 5.74) is 6.23. The van der Waals surface area contributed by atoms with Crippen LogP contribution in [0.2, 0.25) is 0 Å². The van der Waals surface area contributed by atoms with Crippen molar-refractivity contribution in [3.63, 3.8) is 0 Å². The third-order valence-electron chi connectivity index (χ3n) is 8.01. The summed E-state index contributed by atoms with van der Waals surface area (Å²) in [6, 6.07) is 1.61. The molecule has 9 nitrogen and oxygen atoms in total. The molecule has 2 amide bonds. The molecular weight excluding hydrogens is 466 g/mol. The molecule has 0 radical (unpaired) electrons. The van der Waals surface area contributed by atoms with Gasteiger partial charge in [-0.25, -0.2) is 13.8 Å². The van der Waals surface area contributed by atoms with E-state index in [4.69, 9.17) is 4.74 Å². The lowest BCUT2D eigenvalue weighted by Gasteiger charge is -2.34. The molecule has 2 heterocycles. The molecule has 6 rings (SSSR count). The van der Waals surface area contributed by atoms with Gasteiger partial charge in [-0.3, -0.25) is 4.68 Å². The van der Waals surface area contributed by atoms with Crippen molar-refractivity contribution in [1.82, 2.24) is 14.5 Å². The lowest BCUT2D eigenvalue weighted by molar-refractivity contribution is 0.0875. The van der Waals surface area contributed by atoms with Crippen LogP contribution in [-0.4, -0.2) is 43.5 Å². The molecule has 1 saturated heterocycles. The first kappa shape index (κ1) is 22.8. The van der Waals surface area contributed by atoms with E-state index in [9.17, 15) is 13.2 Å². The van der Waals surface area contributed by atoms with Crippen LogP contribution in [0, 0.1) is 0 Å². The monoisotopic (exact) mass is 499 g/mol. The van der Waals surface area contributed by atoms with Crippen LogP contribution in [0.3, 0.4) is 0 Å².